The minimum Gasteiger partial charge on any atom is -0.462 e. The standard InChI is InChI=1S/C14H16F3N5O3S/c1-4-25-11(24)9-6(2)10(19-7(9)3)8(23)5-26-13-21-20-12(22(13)18)14(15,16)17/h19H,4-5,18H2,1-3H3. The molecule has 2 aromatic heterocycles. The van der Waals surface area contributed by atoms with Gasteiger partial charge in [0.1, 0.15) is 0 Å². The van der Waals surface area contributed by atoms with Crippen molar-refractivity contribution in [2.45, 2.75) is 32.1 Å². The van der Waals surface area contributed by atoms with E-state index in [-0.39, 0.29) is 33.4 Å². The van der Waals surface area contributed by atoms with E-state index in [1.54, 1.807) is 20.8 Å². The summed E-state index contributed by atoms with van der Waals surface area (Å²) in [6.45, 7) is 5.06. The Morgan fingerprint density at radius 1 is 1.31 bits per heavy atom. The summed E-state index contributed by atoms with van der Waals surface area (Å²) in [5, 5.41) is 6.07. The van der Waals surface area contributed by atoms with E-state index in [1.165, 1.54) is 0 Å². The second-order valence-corrected chi connectivity index (χ2v) is 6.17. The fraction of sp³-hybridized carbons (Fsp3) is 0.429. The van der Waals surface area contributed by atoms with Gasteiger partial charge in [-0.3, -0.25) is 4.79 Å². The van der Waals surface area contributed by atoms with Crippen LogP contribution in [0.2, 0.25) is 0 Å². The van der Waals surface area contributed by atoms with Crippen molar-refractivity contribution in [2.75, 3.05) is 18.2 Å². The fourth-order valence-corrected chi connectivity index (χ4v) is 3.04. The van der Waals surface area contributed by atoms with Gasteiger partial charge in [0, 0.05) is 5.69 Å². The number of thioether (sulfide) groups is 1. The van der Waals surface area contributed by atoms with Crippen LogP contribution in [0.1, 0.15) is 44.9 Å². The first-order valence-electron chi connectivity index (χ1n) is 7.37. The molecular formula is C14H16F3N5O3S. The van der Waals surface area contributed by atoms with Crippen LogP contribution in [0.5, 0.6) is 0 Å². The average molecular weight is 391 g/mol. The Hall–Kier alpha value is -2.50. The zero-order chi connectivity index (χ0) is 19.6. The fourth-order valence-electron chi connectivity index (χ4n) is 2.31. The van der Waals surface area contributed by atoms with E-state index in [0.29, 0.717) is 23.0 Å². The molecule has 0 amide bonds. The van der Waals surface area contributed by atoms with Gasteiger partial charge < -0.3 is 15.6 Å². The molecule has 0 saturated carbocycles. The molecule has 0 bridgehead atoms. The van der Waals surface area contributed by atoms with E-state index in [0.717, 1.165) is 0 Å². The molecule has 0 unspecified atom stereocenters. The molecule has 0 fully saturated rings. The highest BCUT2D eigenvalue weighted by Crippen LogP contribution is 2.29. The number of aryl methyl sites for hydroxylation is 1. The number of ketones is 1. The number of ether oxygens (including phenoxy) is 1. The quantitative estimate of drug-likeness (QED) is 0.335. The van der Waals surface area contributed by atoms with Crippen LogP contribution >= 0.6 is 11.8 Å². The largest absolute Gasteiger partial charge is 0.462 e. The first kappa shape index (κ1) is 19.8. The number of Topliss-reactive ketones (excluding diaryl/α,β-unsaturated/α-hetero) is 1. The van der Waals surface area contributed by atoms with E-state index in [9.17, 15) is 22.8 Å². The predicted octanol–water partition coefficient (Wildman–Crippen LogP) is 2.11. The molecule has 26 heavy (non-hydrogen) atoms. The maximum atomic E-state index is 12.6. The summed E-state index contributed by atoms with van der Waals surface area (Å²) in [4.78, 5) is 27.1. The van der Waals surface area contributed by atoms with Crippen LogP contribution in [0.3, 0.4) is 0 Å². The number of nitrogens with one attached hydrogen (secondary N) is 1. The second kappa shape index (κ2) is 7.40. The number of nitrogen functional groups attached to an aromatic ring is 1. The topological polar surface area (TPSA) is 116 Å². The van der Waals surface area contributed by atoms with Crippen molar-refractivity contribution in [3.8, 4) is 0 Å². The summed E-state index contributed by atoms with van der Waals surface area (Å²) in [5.74, 6) is 2.74. The van der Waals surface area contributed by atoms with Crippen LogP contribution in [-0.2, 0) is 10.9 Å². The Kier molecular flexibility index (Phi) is 5.64. The third kappa shape index (κ3) is 3.84. The Morgan fingerprint density at radius 2 is 1.96 bits per heavy atom. The highest BCUT2D eigenvalue weighted by molar-refractivity contribution is 7.99. The Bertz CT molecular complexity index is 844. The number of hydrogen-bond donors (Lipinski definition) is 2. The zero-order valence-corrected chi connectivity index (χ0v) is 14.9. The third-order valence-corrected chi connectivity index (χ3v) is 4.39. The molecule has 142 valence electrons. The number of halogens is 3. The molecule has 0 spiro atoms. The average Bonchev–Trinajstić information content (AvgIpc) is 3.05. The Labute approximate surface area is 150 Å². The maximum absolute atomic E-state index is 12.6. The Balaban J connectivity index is 2.16. The van der Waals surface area contributed by atoms with Crippen LogP contribution in [0, 0.1) is 13.8 Å². The number of H-pyrrole nitrogens is 1. The number of rotatable bonds is 6. The highest BCUT2D eigenvalue weighted by atomic mass is 32.2. The molecule has 0 saturated heterocycles. The van der Waals surface area contributed by atoms with Gasteiger partial charge in [-0.1, -0.05) is 11.8 Å². The number of carbonyl (C=O) groups excluding carboxylic acids is 2. The number of esters is 1. The molecule has 12 heteroatoms. The number of aromatic nitrogens is 4. The summed E-state index contributed by atoms with van der Waals surface area (Å²) < 4.78 is 43.1. The van der Waals surface area contributed by atoms with Crippen LogP contribution in [0.4, 0.5) is 13.2 Å². The lowest BCUT2D eigenvalue weighted by Crippen LogP contribution is -2.21. The van der Waals surface area contributed by atoms with E-state index < -0.39 is 23.8 Å². The molecule has 3 N–H and O–H groups in total. The smallest absolute Gasteiger partial charge is 0.453 e. The molecular weight excluding hydrogens is 375 g/mol. The first-order chi connectivity index (χ1) is 12.1. The Morgan fingerprint density at radius 3 is 2.50 bits per heavy atom. The van der Waals surface area contributed by atoms with Gasteiger partial charge in [-0.2, -0.15) is 13.2 Å². The van der Waals surface area contributed by atoms with Crippen molar-refractivity contribution in [3.05, 3.63) is 28.3 Å². The molecule has 2 rings (SSSR count). The lowest BCUT2D eigenvalue weighted by Gasteiger charge is -2.06. The van der Waals surface area contributed by atoms with E-state index in [2.05, 4.69) is 15.2 Å². The lowest BCUT2D eigenvalue weighted by atomic mass is 10.1. The molecule has 2 heterocycles. The van der Waals surface area contributed by atoms with Gasteiger partial charge >= 0.3 is 12.1 Å². The van der Waals surface area contributed by atoms with E-state index in [1.807, 2.05) is 0 Å². The van der Waals surface area contributed by atoms with Gasteiger partial charge in [0.15, 0.2) is 5.78 Å². The molecule has 0 atom stereocenters. The van der Waals surface area contributed by atoms with Gasteiger partial charge in [0.05, 0.1) is 23.6 Å². The van der Waals surface area contributed by atoms with Crippen LogP contribution in [0.25, 0.3) is 0 Å². The number of alkyl halides is 3. The zero-order valence-electron chi connectivity index (χ0n) is 14.1. The van der Waals surface area contributed by atoms with Crippen molar-refractivity contribution < 1.29 is 27.5 Å². The molecule has 2 aromatic rings. The van der Waals surface area contributed by atoms with Crippen LogP contribution < -0.4 is 5.84 Å². The lowest BCUT2D eigenvalue weighted by molar-refractivity contribution is -0.146. The molecule has 8 nitrogen and oxygen atoms in total. The number of nitrogens with zero attached hydrogens (tertiary/aromatic N) is 3. The molecule has 0 aliphatic rings. The van der Waals surface area contributed by atoms with Crippen LogP contribution in [-0.4, -0.2) is 44.0 Å². The van der Waals surface area contributed by atoms with Crippen molar-refractivity contribution in [2.24, 2.45) is 0 Å². The summed E-state index contributed by atoms with van der Waals surface area (Å²) in [6, 6.07) is 0. The number of nitrogens with two attached hydrogens (primary N) is 1. The van der Waals surface area contributed by atoms with Gasteiger partial charge in [0.2, 0.25) is 5.16 Å². The summed E-state index contributed by atoms with van der Waals surface area (Å²) in [6.07, 6.45) is -4.74. The second-order valence-electron chi connectivity index (χ2n) is 5.23. The van der Waals surface area contributed by atoms with Crippen molar-refractivity contribution >= 4 is 23.5 Å². The molecule has 0 aliphatic heterocycles. The number of hydrogen-bond acceptors (Lipinski definition) is 7. The van der Waals surface area contributed by atoms with Crippen molar-refractivity contribution in [3.63, 3.8) is 0 Å². The van der Waals surface area contributed by atoms with Crippen LogP contribution in [0.15, 0.2) is 5.16 Å². The minimum absolute atomic E-state index is 0.178. The van der Waals surface area contributed by atoms with E-state index >= 15 is 0 Å². The third-order valence-electron chi connectivity index (χ3n) is 3.45. The van der Waals surface area contributed by atoms with Gasteiger partial charge in [0.25, 0.3) is 5.82 Å². The van der Waals surface area contributed by atoms with E-state index in [4.69, 9.17) is 10.6 Å². The van der Waals surface area contributed by atoms with Crippen molar-refractivity contribution in [1.29, 1.82) is 0 Å². The summed E-state index contributed by atoms with van der Waals surface area (Å²) in [5.41, 5.74) is 1.33. The number of aromatic amines is 1. The van der Waals surface area contributed by atoms with Crippen molar-refractivity contribution in [1.82, 2.24) is 19.9 Å². The first-order valence-corrected chi connectivity index (χ1v) is 8.36. The molecule has 0 aromatic carbocycles. The molecule has 0 radical (unpaired) electrons. The monoisotopic (exact) mass is 391 g/mol. The van der Waals surface area contributed by atoms with Gasteiger partial charge in [-0.15, -0.1) is 10.2 Å². The van der Waals surface area contributed by atoms with Gasteiger partial charge in [-0.05, 0) is 26.3 Å². The maximum Gasteiger partial charge on any atom is 0.453 e. The SMILES string of the molecule is CCOC(=O)c1c(C)[nH]c(C(=O)CSc2nnc(C(F)(F)F)n2N)c1C. The summed E-state index contributed by atoms with van der Waals surface area (Å²) >= 11 is 0.708. The van der Waals surface area contributed by atoms with Gasteiger partial charge in [-0.25, -0.2) is 9.47 Å². The molecule has 0 aliphatic carbocycles. The highest BCUT2D eigenvalue weighted by Gasteiger charge is 2.38. The minimum atomic E-state index is -4.74. The number of carbonyl (C=O) groups is 2. The normalized spacial score (nSPS) is 11.6. The summed E-state index contributed by atoms with van der Waals surface area (Å²) in [7, 11) is 0. The predicted molar refractivity (Wildman–Crippen MR) is 86.5 cm³/mol.